The Morgan fingerprint density at radius 2 is 2.05 bits per heavy atom. The minimum absolute atomic E-state index is 0.424. The van der Waals surface area contributed by atoms with E-state index in [2.05, 4.69) is 38.2 Å². The molecule has 1 nitrogen and oxygen atoms in total. The average Bonchev–Trinajstić information content (AvgIpc) is 2.35. The number of benzene rings is 1. The van der Waals surface area contributed by atoms with Gasteiger partial charge >= 0.3 is 0 Å². The maximum absolute atomic E-state index is 6.24. The van der Waals surface area contributed by atoms with E-state index in [1.807, 2.05) is 12.1 Å². The highest BCUT2D eigenvalue weighted by Crippen LogP contribution is 2.35. The molecule has 0 saturated heterocycles. The van der Waals surface area contributed by atoms with E-state index in [1.54, 1.807) is 0 Å². The van der Waals surface area contributed by atoms with E-state index >= 15 is 0 Å². The zero-order valence-corrected chi connectivity index (χ0v) is 13.1. The number of hydrogen-bond donors (Lipinski definition) is 1. The van der Waals surface area contributed by atoms with Crippen LogP contribution in [0.2, 0.25) is 5.02 Å². The summed E-state index contributed by atoms with van der Waals surface area (Å²) in [5.41, 5.74) is 1.67. The van der Waals surface area contributed by atoms with Gasteiger partial charge in [-0.25, -0.2) is 0 Å². The molecule has 1 saturated carbocycles. The van der Waals surface area contributed by atoms with Gasteiger partial charge in [0, 0.05) is 17.1 Å². The molecular weight excluding hydrogens is 254 g/mol. The van der Waals surface area contributed by atoms with Crippen LogP contribution in [0.25, 0.3) is 0 Å². The summed E-state index contributed by atoms with van der Waals surface area (Å²) in [6.45, 7) is 7.06. The summed E-state index contributed by atoms with van der Waals surface area (Å²) in [4.78, 5) is 0. The van der Waals surface area contributed by atoms with Crippen LogP contribution in [0, 0.1) is 5.41 Å². The van der Waals surface area contributed by atoms with Crippen molar-refractivity contribution in [1.29, 1.82) is 0 Å². The van der Waals surface area contributed by atoms with Gasteiger partial charge in [-0.15, -0.1) is 0 Å². The van der Waals surface area contributed by atoms with E-state index in [4.69, 9.17) is 11.6 Å². The van der Waals surface area contributed by atoms with Crippen molar-refractivity contribution in [2.75, 3.05) is 0 Å². The second kappa shape index (κ2) is 6.28. The number of halogens is 1. The molecule has 0 amide bonds. The molecule has 106 valence electrons. The Hall–Kier alpha value is -0.530. The third-order valence-corrected chi connectivity index (χ3v) is 4.85. The normalized spacial score (nSPS) is 24.1. The maximum atomic E-state index is 6.24. The second-order valence-electron chi connectivity index (χ2n) is 6.65. The van der Waals surface area contributed by atoms with E-state index in [9.17, 15) is 0 Å². The van der Waals surface area contributed by atoms with Gasteiger partial charge in [0.05, 0.1) is 0 Å². The molecule has 0 heterocycles. The van der Waals surface area contributed by atoms with Gasteiger partial charge in [-0.1, -0.05) is 56.5 Å². The van der Waals surface area contributed by atoms with E-state index in [0.29, 0.717) is 17.5 Å². The van der Waals surface area contributed by atoms with Crippen LogP contribution >= 0.6 is 11.6 Å². The van der Waals surface area contributed by atoms with Crippen LogP contribution in [-0.4, -0.2) is 12.1 Å². The molecule has 1 N–H and O–H groups in total. The molecule has 0 aromatic heterocycles. The first-order valence-corrected chi connectivity index (χ1v) is 7.86. The first-order valence-electron chi connectivity index (χ1n) is 7.48. The Labute approximate surface area is 122 Å². The lowest BCUT2D eigenvalue weighted by atomic mass is 9.73. The lowest BCUT2D eigenvalue weighted by Crippen LogP contribution is -2.48. The zero-order valence-electron chi connectivity index (χ0n) is 12.4. The molecule has 0 radical (unpaired) electrons. The molecular formula is C17H26ClN. The Balaban J connectivity index is 1.94. The van der Waals surface area contributed by atoms with Crippen molar-refractivity contribution in [3.8, 4) is 0 Å². The quantitative estimate of drug-likeness (QED) is 0.832. The van der Waals surface area contributed by atoms with Gasteiger partial charge < -0.3 is 5.32 Å². The largest absolute Gasteiger partial charge is 0.311 e. The lowest BCUT2D eigenvalue weighted by molar-refractivity contribution is 0.157. The summed E-state index contributed by atoms with van der Waals surface area (Å²) >= 11 is 6.24. The van der Waals surface area contributed by atoms with Gasteiger partial charge in [0.1, 0.15) is 0 Å². The molecule has 2 rings (SSSR count). The Morgan fingerprint density at radius 1 is 1.32 bits per heavy atom. The van der Waals surface area contributed by atoms with Gasteiger partial charge in [-0.2, -0.15) is 0 Å². The van der Waals surface area contributed by atoms with Crippen molar-refractivity contribution in [3.63, 3.8) is 0 Å². The molecule has 1 fully saturated rings. The Morgan fingerprint density at radius 3 is 2.74 bits per heavy atom. The van der Waals surface area contributed by atoms with E-state index in [-0.39, 0.29) is 0 Å². The first-order chi connectivity index (χ1) is 8.99. The van der Waals surface area contributed by atoms with E-state index in [0.717, 1.165) is 11.4 Å². The highest BCUT2D eigenvalue weighted by molar-refractivity contribution is 6.31. The topological polar surface area (TPSA) is 12.0 Å². The van der Waals surface area contributed by atoms with Gasteiger partial charge in [-0.05, 0) is 43.2 Å². The van der Waals surface area contributed by atoms with Crippen molar-refractivity contribution < 1.29 is 0 Å². The van der Waals surface area contributed by atoms with Crippen LogP contribution < -0.4 is 5.32 Å². The minimum atomic E-state index is 0.424. The van der Waals surface area contributed by atoms with Crippen LogP contribution in [0.15, 0.2) is 24.3 Å². The maximum Gasteiger partial charge on any atom is 0.0438 e. The van der Waals surface area contributed by atoms with Gasteiger partial charge in [0.2, 0.25) is 0 Å². The molecule has 0 aliphatic heterocycles. The molecule has 0 bridgehead atoms. The van der Waals surface area contributed by atoms with Crippen LogP contribution in [0.3, 0.4) is 0 Å². The molecule has 2 unspecified atom stereocenters. The van der Waals surface area contributed by atoms with E-state index < -0.39 is 0 Å². The predicted octanol–water partition coefficient (Wildman–Crippen LogP) is 4.83. The summed E-state index contributed by atoms with van der Waals surface area (Å²) < 4.78 is 0. The summed E-state index contributed by atoms with van der Waals surface area (Å²) in [7, 11) is 0. The van der Waals surface area contributed by atoms with Gasteiger partial charge in [0.15, 0.2) is 0 Å². The first kappa shape index (κ1) is 14.9. The van der Waals surface area contributed by atoms with Crippen LogP contribution in [0.1, 0.15) is 52.0 Å². The highest BCUT2D eigenvalue weighted by atomic mass is 35.5. The fourth-order valence-corrected chi connectivity index (χ4v) is 3.41. The highest BCUT2D eigenvalue weighted by Gasteiger charge is 2.32. The molecule has 0 spiro atoms. The van der Waals surface area contributed by atoms with Crippen molar-refractivity contribution in [2.24, 2.45) is 5.41 Å². The third kappa shape index (κ3) is 3.97. The molecule has 1 aliphatic carbocycles. The number of rotatable bonds is 4. The fourth-order valence-electron chi connectivity index (χ4n) is 3.20. The molecule has 1 aromatic carbocycles. The van der Waals surface area contributed by atoms with Crippen molar-refractivity contribution in [1.82, 2.24) is 5.32 Å². The minimum Gasteiger partial charge on any atom is -0.311 e. The average molecular weight is 280 g/mol. The van der Waals surface area contributed by atoms with Crippen LogP contribution in [0.4, 0.5) is 0 Å². The van der Waals surface area contributed by atoms with Crippen LogP contribution in [0.5, 0.6) is 0 Å². The summed E-state index contributed by atoms with van der Waals surface area (Å²) in [5, 5.41) is 4.71. The summed E-state index contributed by atoms with van der Waals surface area (Å²) in [6.07, 6.45) is 6.39. The van der Waals surface area contributed by atoms with Gasteiger partial charge in [0.25, 0.3) is 0 Å². The number of hydrogen-bond acceptors (Lipinski definition) is 1. The van der Waals surface area contributed by atoms with Crippen LogP contribution in [-0.2, 0) is 6.42 Å². The lowest BCUT2D eigenvalue weighted by Gasteiger charge is -2.41. The smallest absolute Gasteiger partial charge is 0.0438 e. The number of nitrogens with one attached hydrogen (secondary N) is 1. The van der Waals surface area contributed by atoms with Crippen molar-refractivity contribution in [2.45, 2.75) is 65.0 Å². The molecule has 1 aromatic rings. The SMILES string of the molecule is CC(Cc1ccccc1Cl)NC1CCCCC1(C)C. The van der Waals surface area contributed by atoms with Crippen molar-refractivity contribution >= 4 is 11.6 Å². The Bertz CT molecular complexity index is 413. The standard InChI is InChI=1S/C17H26ClN/c1-13(12-14-8-4-5-9-15(14)18)19-16-10-6-7-11-17(16,2)3/h4-5,8-9,13,16,19H,6-7,10-12H2,1-3H3. The monoisotopic (exact) mass is 279 g/mol. The third-order valence-electron chi connectivity index (χ3n) is 4.48. The second-order valence-corrected chi connectivity index (χ2v) is 7.06. The Kier molecular flexibility index (Phi) is 4.92. The fraction of sp³-hybridized carbons (Fsp3) is 0.647. The molecule has 2 atom stereocenters. The predicted molar refractivity (Wildman–Crippen MR) is 83.8 cm³/mol. The molecule has 19 heavy (non-hydrogen) atoms. The van der Waals surface area contributed by atoms with Crippen molar-refractivity contribution in [3.05, 3.63) is 34.9 Å². The summed E-state index contributed by atoms with van der Waals surface area (Å²) in [5.74, 6) is 0. The zero-order chi connectivity index (χ0) is 13.9. The summed E-state index contributed by atoms with van der Waals surface area (Å²) in [6, 6.07) is 9.29. The van der Waals surface area contributed by atoms with E-state index in [1.165, 1.54) is 31.2 Å². The molecule has 1 aliphatic rings. The van der Waals surface area contributed by atoms with Gasteiger partial charge in [-0.3, -0.25) is 0 Å². The molecule has 2 heteroatoms.